The topological polar surface area (TPSA) is 58.4 Å². The maximum atomic E-state index is 10.9. The number of nitrogens with one attached hydrogen (secondary N) is 1. The van der Waals surface area contributed by atoms with Crippen molar-refractivity contribution in [2.75, 3.05) is 25.0 Å². The fourth-order valence-electron chi connectivity index (χ4n) is 2.19. The van der Waals surface area contributed by atoms with Crippen molar-refractivity contribution in [2.45, 2.75) is 13.0 Å². The molecule has 4 nitrogen and oxygen atoms in total. The summed E-state index contributed by atoms with van der Waals surface area (Å²) in [5.41, 5.74) is 8.99. The van der Waals surface area contributed by atoms with E-state index >= 15 is 0 Å². The van der Waals surface area contributed by atoms with Crippen LogP contribution >= 0.6 is 0 Å². The van der Waals surface area contributed by atoms with Crippen LogP contribution < -0.4 is 16.0 Å². The molecule has 0 spiro atoms. The van der Waals surface area contributed by atoms with Gasteiger partial charge in [0, 0.05) is 19.3 Å². The highest BCUT2D eigenvalue weighted by atomic mass is 16.1. The van der Waals surface area contributed by atoms with Crippen molar-refractivity contribution in [3.05, 3.63) is 29.3 Å². The lowest BCUT2D eigenvalue weighted by Gasteiger charge is -2.26. The number of nitrogens with zero attached hydrogens (tertiary/aromatic N) is 1. The highest BCUT2D eigenvalue weighted by molar-refractivity contribution is 5.80. The Labute approximate surface area is 95.4 Å². The molecule has 3 N–H and O–H groups in total. The average Bonchev–Trinajstić information content (AvgIpc) is 2.27. The first-order valence-corrected chi connectivity index (χ1v) is 5.49. The van der Waals surface area contributed by atoms with E-state index in [9.17, 15) is 4.79 Å². The molecule has 4 heteroatoms. The number of likely N-dealkylation sites (N-methyl/N-ethyl adjacent to an activating group) is 1. The molecular formula is C12H17N3O. The number of nitrogens with two attached hydrogens (primary N) is 1. The van der Waals surface area contributed by atoms with E-state index < -0.39 is 0 Å². The SMILES string of the molecule is CN(CC(N)=O)c1cccc2c1CCNC2. The van der Waals surface area contributed by atoms with E-state index in [-0.39, 0.29) is 12.5 Å². The van der Waals surface area contributed by atoms with Crippen LogP contribution in [0.4, 0.5) is 5.69 Å². The van der Waals surface area contributed by atoms with E-state index in [4.69, 9.17) is 5.73 Å². The molecule has 1 aliphatic rings. The standard InChI is InChI=1S/C12H17N3O/c1-15(8-12(13)16)11-4-2-3-9-7-14-6-5-10(9)11/h2-4,14H,5-8H2,1H3,(H2,13,16). The molecule has 0 saturated carbocycles. The quantitative estimate of drug-likeness (QED) is 0.766. The van der Waals surface area contributed by atoms with Crippen molar-refractivity contribution in [3.8, 4) is 0 Å². The molecule has 0 aliphatic carbocycles. The van der Waals surface area contributed by atoms with Gasteiger partial charge in [-0.1, -0.05) is 12.1 Å². The number of hydrogen-bond donors (Lipinski definition) is 2. The molecule has 0 saturated heterocycles. The minimum Gasteiger partial charge on any atom is -0.368 e. The summed E-state index contributed by atoms with van der Waals surface area (Å²) in [5.74, 6) is -0.297. The lowest BCUT2D eigenvalue weighted by Crippen LogP contribution is -2.32. The third-order valence-electron chi connectivity index (χ3n) is 2.92. The van der Waals surface area contributed by atoms with Gasteiger partial charge in [0.2, 0.25) is 5.91 Å². The maximum absolute atomic E-state index is 10.9. The molecule has 0 bridgehead atoms. The van der Waals surface area contributed by atoms with Crippen molar-refractivity contribution < 1.29 is 4.79 Å². The van der Waals surface area contributed by atoms with Gasteiger partial charge in [-0.05, 0) is 30.2 Å². The molecule has 0 atom stereocenters. The van der Waals surface area contributed by atoms with E-state index in [1.54, 1.807) is 0 Å². The van der Waals surface area contributed by atoms with Crippen molar-refractivity contribution in [1.29, 1.82) is 0 Å². The third kappa shape index (κ3) is 2.17. The summed E-state index contributed by atoms with van der Waals surface area (Å²) in [6.07, 6.45) is 1.01. The predicted octanol–water partition coefficient (Wildman–Crippen LogP) is 0.254. The van der Waals surface area contributed by atoms with E-state index in [0.717, 1.165) is 25.2 Å². The van der Waals surface area contributed by atoms with E-state index in [2.05, 4.69) is 11.4 Å². The Morgan fingerprint density at radius 1 is 1.56 bits per heavy atom. The Morgan fingerprint density at radius 2 is 2.38 bits per heavy atom. The molecule has 0 radical (unpaired) electrons. The molecule has 1 aromatic rings. The number of rotatable bonds is 3. The number of hydrogen-bond acceptors (Lipinski definition) is 3. The van der Waals surface area contributed by atoms with Crippen LogP contribution in [-0.2, 0) is 17.8 Å². The Hall–Kier alpha value is -1.55. The summed E-state index contributed by atoms with van der Waals surface area (Å²) in [7, 11) is 1.91. The lowest BCUT2D eigenvalue weighted by molar-refractivity contribution is -0.116. The summed E-state index contributed by atoms with van der Waals surface area (Å²) in [6, 6.07) is 6.20. The zero-order valence-electron chi connectivity index (χ0n) is 9.49. The van der Waals surface area contributed by atoms with Gasteiger partial charge in [0.25, 0.3) is 0 Å². The van der Waals surface area contributed by atoms with Crippen molar-refractivity contribution in [2.24, 2.45) is 5.73 Å². The Balaban J connectivity index is 2.29. The van der Waals surface area contributed by atoms with Crippen LogP contribution in [0.25, 0.3) is 0 Å². The van der Waals surface area contributed by atoms with Crippen LogP contribution in [0, 0.1) is 0 Å². The molecule has 0 fully saturated rings. The third-order valence-corrected chi connectivity index (χ3v) is 2.92. The minimum atomic E-state index is -0.297. The van der Waals surface area contributed by atoms with Gasteiger partial charge in [-0.15, -0.1) is 0 Å². The molecule has 2 rings (SSSR count). The molecule has 1 aromatic carbocycles. The summed E-state index contributed by atoms with van der Waals surface area (Å²) in [6.45, 7) is 2.17. The monoisotopic (exact) mass is 219 g/mol. The van der Waals surface area contributed by atoms with Gasteiger partial charge >= 0.3 is 0 Å². The van der Waals surface area contributed by atoms with E-state index in [1.807, 2.05) is 24.1 Å². The largest absolute Gasteiger partial charge is 0.368 e. The first kappa shape index (κ1) is 11.0. The molecule has 0 aromatic heterocycles. The summed E-state index contributed by atoms with van der Waals surface area (Å²) >= 11 is 0. The average molecular weight is 219 g/mol. The van der Waals surface area contributed by atoms with Crippen LogP contribution in [-0.4, -0.2) is 26.0 Å². The first-order chi connectivity index (χ1) is 7.68. The second-order valence-electron chi connectivity index (χ2n) is 4.16. The highest BCUT2D eigenvalue weighted by Crippen LogP contribution is 2.25. The summed E-state index contributed by atoms with van der Waals surface area (Å²) in [5, 5.41) is 3.34. The van der Waals surface area contributed by atoms with Crippen LogP contribution in [0.1, 0.15) is 11.1 Å². The fraction of sp³-hybridized carbons (Fsp3) is 0.417. The van der Waals surface area contributed by atoms with E-state index in [0.29, 0.717) is 0 Å². The maximum Gasteiger partial charge on any atom is 0.236 e. The molecule has 16 heavy (non-hydrogen) atoms. The molecule has 86 valence electrons. The molecule has 0 unspecified atom stereocenters. The van der Waals surface area contributed by atoms with Gasteiger partial charge in [-0.3, -0.25) is 4.79 Å². The highest BCUT2D eigenvalue weighted by Gasteiger charge is 2.15. The van der Waals surface area contributed by atoms with E-state index in [1.165, 1.54) is 11.1 Å². The van der Waals surface area contributed by atoms with Crippen LogP contribution in [0.15, 0.2) is 18.2 Å². The van der Waals surface area contributed by atoms with Crippen molar-refractivity contribution >= 4 is 11.6 Å². The zero-order chi connectivity index (χ0) is 11.5. The second-order valence-corrected chi connectivity index (χ2v) is 4.16. The van der Waals surface area contributed by atoms with Gasteiger partial charge in [0.05, 0.1) is 6.54 Å². The number of amides is 1. The zero-order valence-corrected chi connectivity index (χ0v) is 9.49. The number of primary amides is 1. The Bertz CT molecular complexity index is 403. The summed E-state index contributed by atoms with van der Waals surface area (Å²) in [4.78, 5) is 12.8. The Kier molecular flexibility index (Phi) is 3.10. The van der Waals surface area contributed by atoms with Gasteiger partial charge in [-0.2, -0.15) is 0 Å². The molecule has 1 aliphatic heterocycles. The number of carbonyl (C=O) groups is 1. The Morgan fingerprint density at radius 3 is 3.12 bits per heavy atom. The predicted molar refractivity (Wildman–Crippen MR) is 64.3 cm³/mol. The van der Waals surface area contributed by atoms with Crippen LogP contribution in [0.5, 0.6) is 0 Å². The smallest absolute Gasteiger partial charge is 0.236 e. The molecular weight excluding hydrogens is 202 g/mol. The van der Waals surface area contributed by atoms with Gasteiger partial charge < -0.3 is 16.0 Å². The van der Waals surface area contributed by atoms with Crippen LogP contribution in [0.2, 0.25) is 0 Å². The van der Waals surface area contributed by atoms with Crippen molar-refractivity contribution in [3.63, 3.8) is 0 Å². The van der Waals surface area contributed by atoms with Gasteiger partial charge in [0.15, 0.2) is 0 Å². The normalized spacial score (nSPS) is 14.3. The van der Waals surface area contributed by atoms with Crippen molar-refractivity contribution in [1.82, 2.24) is 5.32 Å². The number of benzene rings is 1. The molecule has 1 amide bonds. The van der Waals surface area contributed by atoms with Gasteiger partial charge in [0.1, 0.15) is 0 Å². The molecule has 1 heterocycles. The fourth-order valence-corrected chi connectivity index (χ4v) is 2.19. The second kappa shape index (κ2) is 4.53. The lowest BCUT2D eigenvalue weighted by atomic mass is 9.98. The minimum absolute atomic E-state index is 0.268. The number of carbonyl (C=O) groups excluding carboxylic acids is 1. The number of fused-ring (bicyclic) bond motifs is 1. The number of anilines is 1. The summed E-state index contributed by atoms with van der Waals surface area (Å²) < 4.78 is 0. The van der Waals surface area contributed by atoms with Gasteiger partial charge in [-0.25, -0.2) is 0 Å². The first-order valence-electron chi connectivity index (χ1n) is 5.49. The van der Waals surface area contributed by atoms with Crippen LogP contribution in [0.3, 0.4) is 0 Å².